The van der Waals surface area contributed by atoms with Crippen LogP contribution in [0.15, 0.2) is 30.3 Å². The van der Waals surface area contributed by atoms with Crippen LogP contribution in [0.4, 0.5) is 0 Å². The maximum absolute atomic E-state index is 11.4. The van der Waals surface area contributed by atoms with Crippen LogP contribution in [-0.2, 0) is 16.0 Å². The molecule has 0 aliphatic heterocycles. The normalized spacial score (nSPS) is 14.1. The molecule has 0 spiro atoms. The van der Waals surface area contributed by atoms with Crippen molar-refractivity contribution < 1.29 is 9.53 Å². The van der Waals surface area contributed by atoms with Crippen LogP contribution in [0.1, 0.15) is 32.3 Å². The number of rotatable bonds is 6. The van der Waals surface area contributed by atoms with Gasteiger partial charge < -0.3 is 10.5 Å². The van der Waals surface area contributed by atoms with E-state index in [2.05, 4.69) is 12.1 Å². The number of carbonyl (C=O) groups excluding carboxylic acids is 1. The predicted molar refractivity (Wildman–Crippen MR) is 68.6 cm³/mol. The molecule has 17 heavy (non-hydrogen) atoms. The standard InChI is InChI=1S/C14H21NO2/c1-3-17-13(16)11-14(2,15)10-9-12-7-5-4-6-8-12/h4-8H,3,9-11,15H2,1-2H3. The van der Waals surface area contributed by atoms with Gasteiger partial charge in [0.15, 0.2) is 0 Å². The fraction of sp³-hybridized carbons (Fsp3) is 0.500. The summed E-state index contributed by atoms with van der Waals surface area (Å²) in [5, 5.41) is 0. The second kappa shape index (κ2) is 6.40. The quantitative estimate of drug-likeness (QED) is 0.770. The summed E-state index contributed by atoms with van der Waals surface area (Å²) >= 11 is 0. The second-order valence-electron chi connectivity index (χ2n) is 4.62. The molecular weight excluding hydrogens is 214 g/mol. The molecule has 94 valence electrons. The third-order valence-electron chi connectivity index (χ3n) is 2.68. The molecular formula is C14H21NO2. The van der Waals surface area contributed by atoms with Gasteiger partial charge in [0, 0.05) is 5.54 Å². The van der Waals surface area contributed by atoms with Gasteiger partial charge in [0.25, 0.3) is 0 Å². The average molecular weight is 235 g/mol. The van der Waals surface area contributed by atoms with Gasteiger partial charge in [0.05, 0.1) is 13.0 Å². The molecule has 0 aliphatic rings. The van der Waals surface area contributed by atoms with Crippen LogP contribution in [0, 0.1) is 0 Å². The summed E-state index contributed by atoms with van der Waals surface area (Å²) in [6.07, 6.45) is 1.93. The maximum atomic E-state index is 11.4. The fourth-order valence-corrected chi connectivity index (χ4v) is 1.70. The van der Waals surface area contributed by atoms with E-state index in [0.717, 1.165) is 12.8 Å². The van der Waals surface area contributed by atoms with Crippen LogP contribution in [0.3, 0.4) is 0 Å². The summed E-state index contributed by atoms with van der Waals surface area (Å²) < 4.78 is 4.91. The van der Waals surface area contributed by atoms with Gasteiger partial charge in [0.1, 0.15) is 0 Å². The van der Waals surface area contributed by atoms with Crippen molar-refractivity contribution in [2.24, 2.45) is 5.73 Å². The summed E-state index contributed by atoms with van der Waals surface area (Å²) in [6.45, 7) is 4.11. The second-order valence-corrected chi connectivity index (χ2v) is 4.62. The number of nitrogens with two attached hydrogens (primary N) is 1. The van der Waals surface area contributed by atoms with Gasteiger partial charge in [-0.3, -0.25) is 4.79 Å². The Morgan fingerprint density at radius 2 is 2.00 bits per heavy atom. The molecule has 1 rings (SSSR count). The number of hydrogen-bond acceptors (Lipinski definition) is 3. The van der Waals surface area contributed by atoms with Gasteiger partial charge in [-0.2, -0.15) is 0 Å². The van der Waals surface area contributed by atoms with Gasteiger partial charge >= 0.3 is 5.97 Å². The minimum absolute atomic E-state index is 0.217. The lowest BCUT2D eigenvalue weighted by Crippen LogP contribution is -2.39. The Morgan fingerprint density at radius 3 is 2.59 bits per heavy atom. The highest BCUT2D eigenvalue weighted by Gasteiger charge is 2.23. The molecule has 1 aromatic carbocycles. The van der Waals surface area contributed by atoms with E-state index in [0.29, 0.717) is 6.61 Å². The molecule has 0 aliphatic carbocycles. The number of aryl methyl sites for hydroxylation is 1. The average Bonchev–Trinajstić information content (AvgIpc) is 2.27. The Bertz CT molecular complexity index is 346. The smallest absolute Gasteiger partial charge is 0.307 e. The first-order valence-corrected chi connectivity index (χ1v) is 6.02. The zero-order valence-electron chi connectivity index (χ0n) is 10.6. The molecule has 0 fully saturated rings. The van der Waals surface area contributed by atoms with Gasteiger partial charge in [-0.25, -0.2) is 0 Å². The largest absolute Gasteiger partial charge is 0.466 e. The van der Waals surface area contributed by atoms with Crippen molar-refractivity contribution in [1.29, 1.82) is 0 Å². The number of benzene rings is 1. The topological polar surface area (TPSA) is 52.3 Å². The molecule has 0 heterocycles. The van der Waals surface area contributed by atoms with Crippen molar-refractivity contribution in [1.82, 2.24) is 0 Å². The Kier molecular flexibility index (Phi) is 5.16. The first kappa shape index (κ1) is 13.7. The van der Waals surface area contributed by atoms with Crippen LogP contribution in [-0.4, -0.2) is 18.1 Å². The van der Waals surface area contributed by atoms with E-state index in [1.807, 2.05) is 25.1 Å². The first-order valence-electron chi connectivity index (χ1n) is 6.02. The third kappa shape index (κ3) is 5.50. The molecule has 0 aromatic heterocycles. The van der Waals surface area contributed by atoms with E-state index >= 15 is 0 Å². The summed E-state index contributed by atoms with van der Waals surface area (Å²) in [7, 11) is 0. The molecule has 3 heteroatoms. The lowest BCUT2D eigenvalue weighted by Gasteiger charge is -2.23. The molecule has 1 atom stereocenters. The van der Waals surface area contributed by atoms with E-state index in [-0.39, 0.29) is 12.4 Å². The van der Waals surface area contributed by atoms with Crippen molar-refractivity contribution in [2.75, 3.05) is 6.61 Å². The van der Waals surface area contributed by atoms with Crippen LogP contribution >= 0.6 is 0 Å². The van der Waals surface area contributed by atoms with Gasteiger partial charge in [0.2, 0.25) is 0 Å². The highest BCUT2D eigenvalue weighted by Crippen LogP contribution is 2.16. The molecule has 2 N–H and O–H groups in total. The Balaban J connectivity index is 2.41. The molecule has 0 saturated carbocycles. The highest BCUT2D eigenvalue weighted by atomic mass is 16.5. The SMILES string of the molecule is CCOC(=O)CC(C)(N)CCc1ccccc1. The molecule has 0 radical (unpaired) electrons. The van der Waals surface area contributed by atoms with Crippen molar-refractivity contribution in [3.8, 4) is 0 Å². The third-order valence-corrected chi connectivity index (χ3v) is 2.68. The number of ether oxygens (including phenoxy) is 1. The van der Waals surface area contributed by atoms with Gasteiger partial charge in [-0.15, -0.1) is 0 Å². The fourth-order valence-electron chi connectivity index (χ4n) is 1.70. The van der Waals surface area contributed by atoms with Crippen molar-refractivity contribution in [3.63, 3.8) is 0 Å². The maximum Gasteiger partial charge on any atom is 0.307 e. The molecule has 1 unspecified atom stereocenters. The molecule has 0 saturated heterocycles. The lowest BCUT2D eigenvalue weighted by molar-refractivity contribution is -0.144. The van der Waals surface area contributed by atoms with Crippen molar-refractivity contribution in [3.05, 3.63) is 35.9 Å². The summed E-state index contributed by atoms with van der Waals surface area (Å²) in [6, 6.07) is 10.1. The van der Waals surface area contributed by atoms with Crippen LogP contribution < -0.4 is 5.73 Å². The number of esters is 1. The van der Waals surface area contributed by atoms with E-state index in [4.69, 9.17) is 10.5 Å². The molecule has 0 bridgehead atoms. The van der Waals surface area contributed by atoms with E-state index in [1.165, 1.54) is 5.56 Å². The van der Waals surface area contributed by atoms with Crippen molar-refractivity contribution in [2.45, 2.75) is 38.6 Å². The molecule has 3 nitrogen and oxygen atoms in total. The summed E-state index contributed by atoms with van der Waals surface area (Å²) in [5.74, 6) is -0.217. The lowest BCUT2D eigenvalue weighted by atomic mass is 9.91. The Morgan fingerprint density at radius 1 is 1.35 bits per heavy atom. The zero-order valence-corrected chi connectivity index (χ0v) is 10.6. The van der Waals surface area contributed by atoms with Crippen LogP contribution in [0.5, 0.6) is 0 Å². The van der Waals surface area contributed by atoms with Crippen LogP contribution in [0.25, 0.3) is 0 Å². The number of carbonyl (C=O) groups is 1. The Labute approximate surface area is 103 Å². The molecule has 1 aromatic rings. The van der Waals surface area contributed by atoms with E-state index in [1.54, 1.807) is 6.92 Å². The zero-order chi connectivity index (χ0) is 12.7. The van der Waals surface area contributed by atoms with Crippen LogP contribution in [0.2, 0.25) is 0 Å². The highest BCUT2D eigenvalue weighted by molar-refractivity contribution is 5.70. The summed E-state index contributed by atoms with van der Waals surface area (Å²) in [4.78, 5) is 11.4. The van der Waals surface area contributed by atoms with Crippen molar-refractivity contribution >= 4 is 5.97 Å². The number of hydrogen-bond donors (Lipinski definition) is 1. The van der Waals surface area contributed by atoms with E-state index in [9.17, 15) is 4.79 Å². The van der Waals surface area contributed by atoms with Gasteiger partial charge in [-0.05, 0) is 32.3 Å². The minimum atomic E-state index is -0.498. The monoisotopic (exact) mass is 235 g/mol. The summed E-state index contributed by atoms with van der Waals surface area (Å²) in [5.41, 5.74) is 6.84. The Hall–Kier alpha value is -1.35. The minimum Gasteiger partial charge on any atom is -0.466 e. The molecule has 0 amide bonds. The predicted octanol–water partition coefficient (Wildman–Crippen LogP) is 2.29. The van der Waals surface area contributed by atoms with Gasteiger partial charge in [-0.1, -0.05) is 30.3 Å². The van der Waals surface area contributed by atoms with E-state index < -0.39 is 5.54 Å². The first-order chi connectivity index (χ1) is 8.03.